The van der Waals surface area contributed by atoms with E-state index in [1.807, 2.05) is 24.3 Å². The maximum absolute atomic E-state index is 12.2. The minimum atomic E-state index is -0.430. The Balaban J connectivity index is 1.73. The third-order valence-corrected chi connectivity index (χ3v) is 4.11. The Morgan fingerprint density at radius 3 is 3.12 bits per heavy atom. The van der Waals surface area contributed by atoms with Crippen LogP contribution in [0.5, 0.6) is 0 Å². The molecular formula is C17H22N4O3. The zero-order chi connectivity index (χ0) is 16.9. The van der Waals surface area contributed by atoms with E-state index in [1.54, 1.807) is 12.0 Å². The third kappa shape index (κ3) is 3.80. The van der Waals surface area contributed by atoms with Crippen LogP contribution < -0.4 is 5.73 Å². The van der Waals surface area contributed by atoms with E-state index in [1.165, 1.54) is 0 Å². The van der Waals surface area contributed by atoms with Gasteiger partial charge in [-0.3, -0.25) is 4.79 Å². The number of carbonyl (C=O) groups is 1. The highest BCUT2D eigenvalue weighted by molar-refractivity contribution is 5.81. The number of carbonyl (C=O) groups excluding carboxylic acids is 1. The van der Waals surface area contributed by atoms with Gasteiger partial charge in [0.2, 0.25) is 17.6 Å². The molecule has 1 aromatic carbocycles. The molecule has 1 fully saturated rings. The van der Waals surface area contributed by atoms with Crippen molar-refractivity contribution in [1.29, 1.82) is 0 Å². The highest BCUT2D eigenvalue weighted by Crippen LogP contribution is 2.19. The molecule has 1 atom stereocenters. The minimum Gasteiger partial charge on any atom is -0.380 e. The lowest BCUT2D eigenvalue weighted by atomic mass is 10.1. The number of aromatic nitrogens is 2. The second kappa shape index (κ2) is 7.55. The fraction of sp³-hybridized carbons (Fsp3) is 0.471. The summed E-state index contributed by atoms with van der Waals surface area (Å²) in [7, 11) is 1.65. The van der Waals surface area contributed by atoms with Crippen LogP contribution >= 0.6 is 0 Å². The van der Waals surface area contributed by atoms with Crippen molar-refractivity contribution in [2.75, 3.05) is 13.7 Å². The fourth-order valence-corrected chi connectivity index (χ4v) is 2.86. The first-order chi connectivity index (χ1) is 11.7. The molecule has 3 rings (SSSR count). The number of nitrogens with two attached hydrogens (primary N) is 1. The molecular weight excluding hydrogens is 308 g/mol. The molecule has 2 aromatic rings. The van der Waals surface area contributed by atoms with E-state index in [0.717, 1.165) is 30.4 Å². The SMILES string of the molecule is COCc1cccc(-c2noc(CN3CCCCC(N)C3=O)n2)c1. The average Bonchev–Trinajstić information content (AvgIpc) is 3.00. The normalized spacial score (nSPS) is 18.7. The molecule has 7 nitrogen and oxygen atoms in total. The fourth-order valence-electron chi connectivity index (χ4n) is 2.86. The van der Waals surface area contributed by atoms with Crippen molar-refractivity contribution in [3.8, 4) is 11.4 Å². The van der Waals surface area contributed by atoms with Gasteiger partial charge in [0.05, 0.1) is 12.6 Å². The summed E-state index contributed by atoms with van der Waals surface area (Å²) in [5.74, 6) is 0.883. The molecule has 1 aromatic heterocycles. The molecule has 1 aliphatic rings. The Bertz CT molecular complexity index is 701. The highest BCUT2D eigenvalue weighted by Gasteiger charge is 2.25. The minimum absolute atomic E-state index is 0.0469. The van der Waals surface area contributed by atoms with Gasteiger partial charge in [0.25, 0.3) is 0 Å². The Morgan fingerprint density at radius 2 is 2.29 bits per heavy atom. The second-order valence-electron chi connectivity index (χ2n) is 6.01. The van der Waals surface area contributed by atoms with Crippen LogP contribution in [-0.4, -0.2) is 40.6 Å². The first kappa shape index (κ1) is 16.6. The Labute approximate surface area is 140 Å². The Hall–Kier alpha value is -2.25. The van der Waals surface area contributed by atoms with Crippen molar-refractivity contribution in [1.82, 2.24) is 15.0 Å². The topological polar surface area (TPSA) is 94.5 Å². The molecule has 0 bridgehead atoms. The lowest BCUT2D eigenvalue weighted by Gasteiger charge is -2.20. The Kier molecular flexibility index (Phi) is 5.22. The monoisotopic (exact) mass is 330 g/mol. The van der Waals surface area contributed by atoms with E-state index in [9.17, 15) is 4.79 Å². The zero-order valence-electron chi connectivity index (χ0n) is 13.8. The lowest BCUT2D eigenvalue weighted by Crippen LogP contribution is -2.41. The molecule has 0 saturated carbocycles. The Morgan fingerprint density at radius 1 is 1.42 bits per heavy atom. The highest BCUT2D eigenvalue weighted by atomic mass is 16.5. The van der Waals surface area contributed by atoms with Gasteiger partial charge in [-0.1, -0.05) is 23.4 Å². The zero-order valence-corrected chi connectivity index (χ0v) is 13.8. The predicted octanol–water partition coefficient (Wildman–Crippen LogP) is 1.72. The summed E-state index contributed by atoms with van der Waals surface area (Å²) < 4.78 is 10.5. The van der Waals surface area contributed by atoms with Crippen LogP contribution in [0.2, 0.25) is 0 Å². The van der Waals surface area contributed by atoms with Gasteiger partial charge in [0, 0.05) is 19.2 Å². The van der Waals surface area contributed by atoms with Crippen LogP contribution in [0.1, 0.15) is 30.7 Å². The largest absolute Gasteiger partial charge is 0.380 e. The maximum atomic E-state index is 12.2. The quantitative estimate of drug-likeness (QED) is 0.897. The molecule has 24 heavy (non-hydrogen) atoms. The third-order valence-electron chi connectivity index (χ3n) is 4.11. The first-order valence-electron chi connectivity index (χ1n) is 8.12. The van der Waals surface area contributed by atoms with Gasteiger partial charge >= 0.3 is 0 Å². The molecule has 7 heteroatoms. The summed E-state index contributed by atoms with van der Waals surface area (Å²) in [6.07, 6.45) is 2.64. The van der Waals surface area contributed by atoms with E-state index >= 15 is 0 Å². The second-order valence-corrected chi connectivity index (χ2v) is 6.01. The molecule has 0 radical (unpaired) electrons. The molecule has 1 amide bonds. The number of rotatable bonds is 5. The number of benzene rings is 1. The van der Waals surface area contributed by atoms with Crippen LogP contribution in [0.3, 0.4) is 0 Å². The number of methoxy groups -OCH3 is 1. The molecule has 1 saturated heterocycles. The number of hydrogen-bond donors (Lipinski definition) is 1. The van der Waals surface area contributed by atoms with Crippen molar-refractivity contribution in [2.24, 2.45) is 5.73 Å². The maximum Gasteiger partial charge on any atom is 0.246 e. The van der Waals surface area contributed by atoms with Crippen molar-refractivity contribution < 1.29 is 14.1 Å². The van der Waals surface area contributed by atoms with Crippen molar-refractivity contribution >= 4 is 5.91 Å². The number of amides is 1. The van der Waals surface area contributed by atoms with Crippen LogP contribution in [0.4, 0.5) is 0 Å². The van der Waals surface area contributed by atoms with E-state index in [2.05, 4.69) is 10.1 Å². The van der Waals surface area contributed by atoms with Crippen LogP contribution in [0, 0.1) is 0 Å². The number of ether oxygens (including phenoxy) is 1. The molecule has 0 spiro atoms. The number of nitrogens with zero attached hydrogens (tertiary/aromatic N) is 3. The van der Waals surface area contributed by atoms with E-state index < -0.39 is 6.04 Å². The van der Waals surface area contributed by atoms with Crippen molar-refractivity contribution in [3.05, 3.63) is 35.7 Å². The summed E-state index contributed by atoms with van der Waals surface area (Å²) in [5, 5.41) is 4.02. The predicted molar refractivity (Wildman–Crippen MR) is 87.7 cm³/mol. The van der Waals surface area contributed by atoms with Crippen molar-refractivity contribution in [3.63, 3.8) is 0 Å². The summed E-state index contributed by atoms with van der Waals surface area (Å²) in [5.41, 5.74) is 7.79. The van der Waals surface area contributed by atoms with Gasteiger partial charge < -0.3 is 19.9 Å². The van der Waals surface area contributed by atoms with Gasteiger partial charge in [-0.25, -0.2) is 0 Å². The van der Waals surface area contributed by atoms with Crippen LogP contribution in [-0.2, 0) is 22.7 Å². The number of hydrogen-bond acceptors (Lipinski definition) is 6. The van der Waals surface area contributed by atoms with Gasteiger partial charge in [-0.05, 0) is 30.9 Å². The van der Waals surface area contributed by atoms with Gasteiger partial charge in [0.1, 0.15) is 6.54 Å². The van der Waals surface area contributed by atoms with E-state index in [-0.39, 0.29) is 5.91 Å². The number of likely N-dealkylation sites (tertiary alicyclic amines) is 1. The smallest absolute Gasteiger partial charge is 0.246 e. The summed E-state index contributed by atoms with van der Waals surface area (Å²) in [4.78, 5) is 18.4. The molecule has 2 N–H and O–H groups in total. The van der Waals surface area contributed by atoms with E-state index in [4.69, 9.17) is 15.0 Å². The summed E-state index contributed by atoms with van der Waals surface area (Å²) in [6, 6.07) is 7.36. The molecule has 128 valence electrons. The van der Waals surface area contributed by atoms with Crippen molar-refractivity contribution in [2.45, 2.75) is 38.5 Å². The lowest BCUT2D eigenvalue weighted by molar-refractivity contribution is -0.133. The first-order valence-corrected chi connectivity index (χ1v) is 8.12. The van der Waals surface area contributed by atoms with Gasteiger partial charge in [0.15, 0.2) is 0 Å². The van der Waals surface area contributed by atoms with Crippen LogP contribution in [0.25, 0.3) is 11.4 Å². The average molecular weight is 330 g/mol. The molecule has 1 aliphatic heterocycles. The summed E-state index contributed by atoms with van der Waals surface area (Å²) in [6.45, 7) is 1.50. The molecule has 0 aliphatic carbocycles. The van der Waals surface area contributed by atoms with Gasteiger partial charge in [-0.15, -0.1) is 0 Å². The standard InChI is InChI=1S/C17H22N4O3/c1-23-11-12-5-4-6-13(9-12)16-19-15(24-20-16)10-21-8-3-2-7-14(18)17(21)22/h4-6,9,14H,2-3,7-8,10-11,18H2,1H3. The summed E-state index contributed by atoms with van der Waals surface area (Å²) >= 11 is 0. The van der Waals surface area contributed by atoms with Crippen LogP contribution in [0.15, 0.2) is 28.8 Å². The van der Waals surface area contributed by atoms with E-state index in [0.29, 0.717) is 31.4 Å². The molecule has 1 unspecified atom stereocenters. The molecule has 2 heterocycles. The van der Waals surface area contributed by atoms with Gasteiger partial charge in [-0.2, -0.15) is 4.98 Å².